The molecule has 1 aliphatic heterocycles. The van der Waals surface area contributed by atoms with E-state index in [0.29, 0.717) is 20.8 Å². The van der Waals surface area contributed by atoms with E-state index in [2.05, 4.69) is 42.6 Å². The molecule has 2 nitrogen and oxygen atoms in total. The van der Waals surface area contributed by atoms with Crippen LogP contribution in [0.2, 0.25) is 0 Å². The molecule has 1 atom stereocenters. The third kappa shape index (κ3) is 1.57. The van der Waals surface area contributed by atoms with Gasteiger partial charge in [-0.05, 0) is 0 Å². The van der Waals surface area contributed by atoms with Crippen molar-refractivity contribution in [3.63, 3.8) is 0 Å². The summed E-state index contributed by atoms with van der Waals surface area (Å²) in [7, 11) is 0. The van der Waals surface area contributed by atoms with Gasteiger partial charge in [-0.3, -0.25) is 0 Å². The third-order valence-electron chi connectivity index (χ3n) is 2.75. The van der Waals surface area contributed by atoms with Crippen LogP contribution in [0, 0.1) is 0 Å². The zero-order chi connectivity index (χ0) is 10.3. The van der Waals surface area contributed by atoms with Crippen LogP contribution in [0.4, 0.5) is 0 Å². The van der Waals surface area contributed by atoms with Gasteiger partial charge < -0.3 is 0 Å². The summed E-state index contributed by atoms with van der Waals surface area (Å²) in [5.41, 5.74) is 2.59. The standard InChI is InChI=1S/C12H12N2Se/c1-8-6-9(7-13-8)12-10-4-2-3-5-11(10)15-14-12/h2-6,8,13H,7H2,1H3/t8-/m1/s1. The fourth-order valence-corrected chi connectivity index (χ4v) is 3.67. The second-order valence-electron chi connectivity index (χ2n) is 3.89. The van der Waals surface area contributed by atoms with Crippen LogP contribution in [-0.2, 0) is 0 Å². The van der Waals surface area contributed by atoms with Crippen molar-refractivity contribution in [3.8, 4) is 0 Å². The Morgan fingerprint density at radius 1 is 1.40 bits per heavy atom. The molecule has 0 saturated carbocycles. The average Bonchev–Trinajstić information content (AvgIpc) is 2.83. The van der Waals surface area contributed by atoms with Crippen molar-refractivity contribution in [3.05, 3.63) is 36.0 Å². The second-order valence-corrected chi connectivity index (χ2v) is 5.58. The van der Waals surface area contributed by atoms with E-state index in [1.165, 1.54) is 20.9 Å². The number of fused-ring (bicyclic) bond motifs is 1. The van der Waals surface area contributed by atoms with Crippen molar-refractivity contribution < 1.29 is 0 Å². The molecule has 1 aliphatic rings. The van der Waals surface area contributed by atoms with E-state index in [4.69, 9.17) is 3.98 Å². The Kier molecular flexibility index (Phi) is 2.24. The van der Waals surface area contributed by atoms with Crippen molar-refractivity contribution in [2.24, 2.45) is 0 Å². The number of rotatable bonds is 1. The zero-order valence-electron chi connectivity index (χ0n) is 8.53. The molecule has 0 unspecified atom stereocenters. The molecule has 0 bridgehead atoms. The topological polar surface area (TPSA) is 24.9 Å². The molecule has 2 heterocycles. The fourth-order valence-electron chi connectivity index (χ4n) is 1.97. The number of nitrogens with one attached hydrogen (secondary N) is 1. The molecule has 1 aromatic heterocycles. The summed E-state index contributed by atoms with van der Waals surface area (Å²) in [5, 5.41) is 4.76. The molecule has 3 rings (SSSR count). The first kappa shape index (κ1) is 9.34. The van der Waals surface area contributed by atoms with Gasteiger partial charge in [-0.1, -0.05) is 0 Å². The summed E-state index contributed by atoms with van der Waals surface area (Å²) in [6.07, 6.45) is 2.29. The number of benzene rings is 1. The predicted octanol–water partition coefficient (Wildman–Crippen LogP) is 1.67. The summed E-state index contributed by atoms with van der Waals surface area (Å²) in [6.45, 7) is 3.14. The van der Waals surface area contributed by atoms with Crippen LogP contribution in [0.3, 0.4) is 0 Å². The van der Waals surface area contributed by atoms with E-state index in [0.717, 1.165) is 6.54 Å². The molecule has 0 fully saturated rings. The van der Waals surface area contributed by atoms with Crippen LogP contribution in [0.15, 0.2) is 30.3 Å². The van der Waals surface area contributed by atoms with E-state index in [1.54, 1.807) is 0 Å². The van der Waals surface area contributed by atoms with Gasteiger partial charge in [0.1, 0.15) is 0 Å². The van der Waals surface area contributed by atoms with Crippen molar-refractivity contribution in [1.29, 1.82) is 0 Å². The molecule has 0 amide bonds. The fraction of sp³-hybridized carbons (Fsp3) is 0.250. The van der Waals surface area contributed by atoms with Gasteiger partial charge in [0.25, 0.3) is 0 Å². The predicted molar refractivity (Wildman–Crippen MR) is 64.1 cm³/mol. The number of aromatic nitrogens is 1. The van der Waals surface area contributed by atoms with Gasteiger partial charge >= 0.3 is 94.8 Å². The van der Waals surface area contributed by atoms with E-state index in [-0.39, 0.29) is 0 Å². The van der Waals surface area contributed by atoms with Gasteiger partial charge in [0.2, 0.25) is 0 Å². The first-order valence-corrected chi connectivity index (χ1v) is 6.76. The minimum atomic E-state index is 0.290. The van der Waals surface area contributed by atoms with Crippen LogP contribution in [-0.4, -0.2) is 31.3 Å². The van der Waals surface area contributed by atoms with Crippen molar-refractivity contribution in [1.82, 2.24) is 9.30 Å². The Balaban J connectivity index is 2.15. The zero-order valence-corrected chi connectivity index (χ0v) is 10.2. The Bertz CT molecular complexity index is 527. The van der Waals surface area contributed by atoms with E-state index in [9.17, 15) is 0 Å². The second kappa shape index (κ2) is 3.60. The van der Waals surface area contributed by atoms with Crippen LogP contribution in [0.5, 0.6) is 0 Å². The molecular weight excluding hydrogens is 251 g/mol. The van der Waals surface area contributed by atoms with Crippen LogP contribution in [0.1, 0.15) is 12.6 Å². The Labute approximate surface area is 95.0 Å². The summed E-state index contributed by atoms with van der Waals surface area (Å²) in [4.78, 5) is 0. The average molecular weight is 263 g/mol. The normalized spacial score (nSPS) is 20.9. The number of hydrogen-bond donors (Lipinski definition) is 1. The molecule has 2 aromatic rings. The summed E-state index contributed by atoms with van der Waals surface area (Å²) in [5.74, 6) is 0. The molecule has 1 N–H and O–H groups in total. The molecule has 0 radical (unpaired) electrons. The molecule has 3 heteroatoms. The number of hydrogen-bond acceptors (Lipinski definition) is 2. The van der Waals surface area contributed by atoms with E-state index >= 15 is 0 Å². The summed E-state index contributed by atoms with van der Waals surface area (Å²) >= 11 is 0.290. The van der Waals surface area contributed by atoms with Crippen LogP contribution in [0.25, 0.3) is 15.2 Å². The van der Waals surface area contributed by atoms with Crippen molar-refractivity contribution >= 4 is 30.0 Å². The minimum absolute atomic E-state index is 0.290. The third-order valence-corrected chi connectivity index (χ3v) is 4.48. The van der Waals surface area contributed by atoms with Crippen molar-refractivity contribution in [2.75, 3.05) is 6.54 Å². The quantitative estimate of drug-likeness (QED) is 0.792. The maximum absolute atomic E-state index is 4.69. The van der Waals surface area contributed by atoms with Crippen LogP contribution < -0.4 is 5.32 Å². The molecule has 1 aromatic carbocycles. The Morgan fingerprint density at radius 3 is 3.07 bits per heavy atom. The summed E-state index contributed by atoms with van der Waals surface area (Å²) in [6, 6.07) is 9.07. The molecule has 0 aliphatic carbocycles. The van der Waals surface area contributed by atoms with E-state index in [1.807, 2.05) is 0 Å². The maximum atomic E-state index is 4.69. The van der Waals surface area contributed by atoms with E-state index < -0.39 is 0 Å². The molecule has 0 saturated heterocycles. The SMILES string of the molecule is C[C@@H]1C=C(c2n[se]c3ccccc23)CN1. The van der Waals surface area contributed by atoms with Gasteiger partial charge in [0.05, 0.1) is 0 Å². The first-order valence-electron chi connectivity index (χ1n) is 5.13. The number of nitrogens with zero attached hydrogens (tertiary/aromatic N) is 1. The molecule has 15 heavy (non-hydrogen) atoms. The van der Waals surface area contributed by atoms with Gasteiger partial charge in [-0.2, -0.15) is 0 Å². The van der Waals surface area contributed by atoms with Gasteiger partial charge in [-0.25, -0.2) is 0 Å². The van der Waals surface area contributed by atoms with Crippen LogP contribution >= 0.6 is 0 Å². The van der Waals surface area contributed by atoms with Gasteiger partial charge in [-0.15, -0.1) is 0 Å². The molecule has 76 valence electrons. The molecule has 0 spiro atoms. The summed E-state index contributed by atoms with van der Waals surface area (Å²) < 4.78 is 6.11. The monoisotopic (exact) mass is 264 g/mol. The van der Waals surface area contributed by atoms with Gasteiger partial charge in [0, 0.05) is 0 Å². The Morgan fingerprint density at radius 2 is 2.27 bits per heavy atom. The van der Waals surface area contributed by atoms with Gasteiger partial charge in [0.15, 0.2) is 0 Å². The van der Waals surface area contributed by atoms with Crippen molar-refractivity contribution in [2.45, 2.75) is 13.0 Å². The Hall–Kier alpha value is -0.891. The molecular formula is C12H12N2Se. The first-order chi connectivity index (χ1) is 7.34.